The van der Waals surface area contributed by atoms with Crippen molar-refractivity contribution in [2.24, 2.45) is 0 Å². The maximum Gasteiger partial charge on any atom is 0.416 e. The highest BCUT2D eigenvalue weighted by atomic mass is 19.4. The molecule has 0 fully saturated rings. The molecule has 1 aromatic carbocycles. The van der Waals surface area contributed by atoms with Gasteiger partial charge in [-0.15, -0.1) is 0 Å². The number of halogens is 3. The SMILES string of the molecule is CC(=O)NC(CCC(=O)O)Cc1cccc(C(F)(F)F)c1. The Morgan fingerprint density at radius 2 is 2.00 bits per heavy atom. The Kier molecular flexibility index (Phi) is 5.75. The van der Waals surface area contributed by atoms with E-state index in [0.29, 0.717) is 5.56 Å². The van der Waals surface area contributed by atoms with Crippen LogP contribution in [0.5, 0.6) is 0 Å². The molecule has 0 spiro atoms. The number of hydrogen-bond acceptors (Lipinski definition) is 2. The van der Waals surface area contributed by atoms with Gasteiger partial charge in [-0.2, -0.15) is 13.2 Å². The summed E-state index contributed by atoms with van der Waals surface area (Å²) >= 11 is 0. The topological polar surface area (TPSA) is 66.4 Å². The highest BCUT2D eigenvalue weighted by Gasteiger charge is 2.30. The van der Waals surface area contributed by atoms with Crippen LogP contribution in [0, 0.1) is 0 Å². The molecule has 1 rings (SSSR count). The van der Waals surface area contributed by atoms with Gasteiger partial charge in [0, 0.05) is 19.4 Å². The van der Waals surface area contributed by atoms with Crippen molar-refractivity contribution in [1.82, 2.24) is 5.32 Å². The van der Waals surface area contributed by atoms with E-state index < -0.39 is 23.8 Å². The van der Waals surface area contributed by atoms with Crippen LogP contribution in [-0.2, 0) is 22.2 Å². The zero-order valence-corrected chi connectivity index (χ0v) is 11.4. The van der Waals surface area contributed by atoms with Gasteiger partial charge in [-0.3, -0.25) is 9.59 Å². The van der Waals surface area contributed by atoms with Gasteiger partial charge in [-0.25, -0.2) is 0 Å². The molecule has 7 heteroatoms. The molecule has 2 N–H and O–H groups in total. The number of carbonyl (C=O) groups excluding carboxylic acids is 1. The van der Waals surface area contributed by atoms with E-state index in [9.17, 15) is 22.8 Å². The predicted molar refractivity (Wildman–Crippen MR) is 69.6 cm³/mol. The minimum Gasteiger partial charge on any atom is -0.481 e. The predicted octanol–water partition coefficient (Wildman–Crippen LogP) is 2.62. The van der Waals surface area contributed by atoms with Gasteiger partial charge in [0.2, 0.25) is 5.91 Å². The number of aliphatic carboxylic acids is 1. The number of alkyl halides is 3. The Balaban J connectivity index is 2.82. The molecule has 0 saturated heterocycles. The van der Waals surface area contributed by atoms with Crippen molar-refractivity contribution < 1.29 is 27.9 Å². The summed E-state index contributed by atoms with van der Waals surface area (Å²) in [4.78, 5) is 21.6. The van der Waals surface area contributed by atoms with Gasteiger partial charge < -0.3 is 10.4 Å². The maximum absolute atomic E-state index is 12.6. The van der Waals surface area contributed by atoms with Crippen LogP contribution in [0.15, 0.2) is 24.3 Å². The molecule has 0 bridgehead atoms. The Morgan fingerprint density at radius 1 is 1.33 bits per heavy atom. The molecule has 1 atom stereocenters. The zero-order chi connectivity index (χ0) is 16.0. The fourth-order valence-corrected chi connectivity index (χ4v) is 1.97. The maximum atomic E-state index is 12.6. The van der Waals surface area contributed by atoms with E-state index in [1.165, 1.54) is 19.1 Å². The first kappa shape index (κ1) is 17.0. The number of nitrogens with one attached hydrogen (secondary N) is 1. The summed E-state index contributed by atoms with van der Waals surface area (Å²) in [5.41, 5.74) is -0.367. The fourth-order valence-electron chi connectivity index (χ4n) is 1.97. The molecule has 0 aliphatic heterocycles. The van der Waals surface area contributed by atoms with Crippen LogP contribution in [0.3, 0.4) is 0 Å². The van der Waals surface area contributed by atoms with Crippen molar-refractivity contribution in [3.63, 3.8) is 0 Å². The summed E-state index contributed by atoms with van der Waals surface area (Å²) in [7, 11) is 0. The molecule has 0 aliphatic rings. The molecule has 21 heavy (non-hydrogen) atoms. The van der Waals surface area contributed by atoms with E-state index in [4.69, 9.17) is 5.11 Å². The second-order valence-electron chi connectivity index (χ2n) is 4.73. The minimum absolute atomic E-state index is 0.150. The number of carboxylic acids is 1. The molecule has 0 saturated carbocycles. The van der Waals surface area contributed by atoms with E-state index in [0.717, 1.165) is 12.1 Å². The largest absolute Gasteiger partial charge is 0.481 e. The lowest BCUT2D eigenvalue weighted by molar-refractivity contribution is -0.138. The van der Waals surface area contributed by atoms with Gasteiger partial charge in [0.1, 0.15) is 0 Å². The normalized spacial score (nSPS) is 12.8. The van der Waals surface area contributed by atoms with Crippen LogP contribution >= 0.6 is 0 Å². The summed E-state index contributed by atoms with van der Waals surface area (Å²) in [6.45, 7) is 1.28. The van der Waals surface area contributed by atoms with Crippen LogP contribution in [-0.4, -0.2) is 23.0 Å². The monoisotopic (exact) mass is 303 g/mol. The molecule has 0 heterocycles. The summed E-state index contributed by atoms with van der Waals surface area (Å²) in [5.74, 6) is -1.37. The van der Waals surface area contributed by atoms with Crippen molar-refractivity contribution >= 4 is 11.9 Å². The van der Waals surface area contributed by atoms with Gasteiger partial charge in [0.25, 0.3) is 0 Å². The molecular weight excluding hydrogens is 287 g/mol. The van der Waals surface area contributed by atoms with E-state index >= 15 is 0 Å². The standard InChI is InChI=1S/C14H16F3NO3/c1-9(19)18-12(5-6-13(20)21)8-10-3-2-4-11(7-10)14(15,16)17/h2-4,7,12H,5-6,8H2,1H3,(H,18,19)(H,20,21). The molecule has 0 aliphatic carbocycles. The number of carbonyl (C=O) groups is 2. The Morgan fingerprint density at radius 3 is 2.52 bits per heavy atom. The zero-order valence-electron chi connectivity index (χ0n) is 11.4. The lowest BCUT2D eigenvalue weighted by Gasteiger charge is -2.18. The number of carboxylic acid groups (broad SMARTS) is 1. The quantitative estimate of drug-likeness (QED) is 0.849. The van der Waals surface area contributed by atoms with Crippen LogP contribution in [0.4, 0.5) is 13.2 Å². The van der Waals surface area contributed by atoms with Crippen LogP contribution in [0.2, 0.25) is 0 Å². The molecular formula is C14H16F3NO3. The van der Waals surface area contributed by atoms with Crippen LogP contribution < -0.4 is 5.32 Å². The third-order valence-corrected chi connectivity index (χ3v) is 2.85. The molecule has 1 aromatic rings. The summed E-state index contributed by atoms with van der Waals surface area (Å²) in [6, 6.07) is 4.27. The van der Waals surface area contributed by atoms with Crippen LogP contribution in [0.1, 0.15) is 30.9 Å². The van der Waals surface area contributed by atoms with Gasteiger partial charge in [0.15, 0.2) is 0 Å². The average molecular weight is 303 g/mol. The third kappa shape index (κ3) is 6.29. The lowest BCUT2D eigenvalue weighted by Crippen LogP contribution is -2.35. The van der Waals surface area contributed by atoms with E-state index in [1.807, 2.05) is 0 Å². The van der Waals surface area contributed by atoms with Gasteiger partial charge in [-0.1, -0.05) is 18.2 Å². The molecule has 116 valence electrons. The summed E-state index contributed by atoms with van der Waals surface area (Å²) in [6.07, 6.45) is -4.29. The Hall–Kier alpha value is -2.05. The first-order chi connectivity index (χ1) is 9.68. The smallest absolute Gasteiger partial charge is 0.416 e. The first-order valence-corrected chi connectivity index (χ1v) is 6.33. The molecule has 0 radical (unpaired) electrons. The van der Waals surface area contributed by atoms with Crippen molar-refractivity contribution in [2.75, 3.05) is 0 Å². The molecule has 1 unspecified atom stereocenters. The highest BCUT2D eigenvalue weighted by molar-refractivity contribution is 5.73. The number of rotatable bonds is 6. The second-order valence-corrected chi connectivity index (χ2v) is 4.73. The summed E-state index contributed by atoms with van der Waals surface area (Å²) < 4.78 is 37.9. The lowest BCUT2D eigenvalue weighted by atomic mass is 10.00. The Bertz CT molecular complexity index is 514. The van der Waals surface area contributed by atoms with Crippen molar-refractivity contribution in [3.05, 3.63) is 35.4 Å². The van der Waals surface area contributed by atoms with Gasteiger partial charge >= 0.3 is 12.1 Å². The fraction of sp³-hybridized carbons (Fsp3) is 0.429. The van der Waals surface area contributed by atoms with E-state index in [2.05, 4.69) is 5.32 Å². The first-order valence-electron chi connectivity index (χ1n) is 6.33. The molecule has 0 aromatic heterocycles. The van der Waals surface area contributed by atoms with Crippen molar-refractivity contribution in [2.45, 2.75) is 38.4 Å². The van der Waals surface area contributed by atoms with E-state index in [1.54, 1.807) is 0 Å². The molecule has 1 amide bonds. The third-order valence-electron chi connectivity index (χ3n) is 2.85. The summed E-state index contributed by atoms with van der Waals surface area (Å²) in [5, 5.41) is 11.2. The van der Waals surface area contributed by atoms with E-state index in [-0.39, 0.29) is 25.2 Å². The number of benzene rings is 1. The van der Waals surface area contributed by atoms with Crippen molar-refractivity contribution in [3.8, 4) is 0 Å². The average Bonchev–Trinajstić information content (AvgIpc) is 2.34. The second kappa shape index (κ2) is 7.10. The number of amides is 1. The van der Waals surface area contributed by atoms with Gasteiger partial charge in [-0.05, 0) is 24.5 Å². The highest BCUT2D eigenvalue weighted by Crippen LogP contribution is 2.29. The number of hydrogen-bond donors (Lipinski definition) is 2. The molecule has 4 nitrogen and oxygen atoms in total. The minimum atomic E-state index is -4.43. The van der Waals surface area contributed by atoms with Gasteiger partial charge in [0.05, 0.1) is 5.56 Å². The Labute approximate surface area is 120 Å². The van der Waals surface area contributed by atoms with Crippen LogP contribution in [0.25, 0.3) is 0 Å². The van der Waals surface area contributed by atoms with Crippen molar-refractivity contribution in [1.29, 1.82) is 0 Å².